The molecule has 6 nitrogen and oxygen atoms in total. The minimum absolute atomic E-state index is 0.0691. The van der Waals surface area contributed by atoms with Crippen molar-refractivity contribution in [3.05, 3.63) is 51.6 Å². The molecule has 1 aliphatic rings. The van der Waals surface area contributed by atoms with Crippen LogP contribution in [-0.2, 0) is 0 Å². The van der Waals surface area contributed by atoms with E-state index in [1.807, 2.05) is 0 Å². The normalized spacial score (nSPS) is 12.1. The van der Waals surface area contributed by atoms with E-state index in [2.05, 4.69) is 0 Å². The third-order valence-corrected chi connectivity index (χ3v) is 3.17. The first-order valence-electron chi connectivity index (χ1n) is 5.51. The number of nitrogens with two attached hydrogens (primary N) is 2. The van der Waals surface area contributed by atoms with E-state index in [4.69, 9.17) is 11.5 Å². The number of hydrogen-bond acceptors (Lipinski definition) is 5. The number of nitro groups is 1. The Labute approximate surface area is 107 Å². The second-order valence-electron chi connectivity index (χ2n) is 4.35. The van der Waals surface area contributed by atoms with Gasteiger partial charge in [-0.05, 0) is 23.8 Å². The van der Waals surface area contributed by atoms with Gasteiger partial charge >= 0.3 is 0 Å². The number of nitrogens with zero attached hydrogens (tertiary/aromatic N) is 1. The van der Waals surface area contributed by atoms with Crippen LogP contribution in [0.2, 0.25) is 0 Å². The van der Waals surface area contributed by atoms with Gasteiger partial charge in [0, 0.05) is 34.6 Å². The fraction of sp³-hybridized carbons (Fsp3) is 0. The number of ketones is 1. The maximum atomic E-state index is 12.2. The first kappa shape index (κ1) is 11.2. The molecule has 4 N–H and O–H groups in total. The molecule has 0 amide bonds. The highest BCUT2D eigenvalue weighted by Crippen LogP contribution is 2.42. The summed E-state index contributed by atoms with van der Waals surface area (Å²) in [6, 6.07) is 7.25. The second kappa shape index (κ2) is 3.55. The molecule has 0 heterocycles. The van der Waals surface area contributed by atoms with E-state index in [1.165, 1.54) is 24.3 Å². The van der Waals surface area contributed by atoms with Crippen molar-refractivity contribution in [2.75, 3.05) is 11.5 Å². The Hall–Kier alpha value is -2.89. The SMILES string of the molecule is Nc1cc(N)c2c(c1)-c1cc([N+](=O)[O-])ccc1C2=O. The Bertz CT molecular complexity index is 753. The maximum absolute atomic E-state index is 12.2. The summed E-state index contributed by atoms with van der Waals surface area (Å²) < 4.78 is 0. The number of non-ortho nitro benzene ring substituents is 1. The zero-order valence-corrected chi connectivity index (χ0v) is 9.71. The molecule has 0 unspecified atom stereocenters. The van der Waals surface area contributed by atoms with Crippen LogP contribution < -0.4 is 11.5 Å². The van der Waals surface area contributed by atoms with Crippen molar-refractivity contribution in [1.82, 2.24) is 0 Å². The Kier molecular flexibility index (Phi) is 2.10. The lowest BCUT2D eigenvalue weighted by atomic mass is 10.0. The van der Waals surface area contributed by atoms with Crippen LogP contribution in [0.1, 0.15) is 15.9 Å². The summed E-state index contributed by atoms with van der Waals surface area (Å²) in [5, 5.41) is 10.8. The number of hydrogen-bond donors (Lipinski definition) is 2. The molecule has 2 aromatic rings. The summed E-state index contributed by atoms with van der Waals surface area (Å²) in [5.41, 5.74) is 14.0. The first-order chi connectivity index (χ1) is 8.99. The van der Waals surface area contributed by atoms with Crippen LogP contribution in [0, 0.1) is 10.1 Å². The van der Waals surface area contributed by atoms with Gasteiger partial charge in [0.25, 0.3) is 5.69 Å². The van der Waals surface area contributed by atoms with E-state index in [9.17, 15) is 14.9 Å². The number of nitro benzene ring substituents is 1. The van der Waals surface area contributed by atoms with Crippen LogP contribution in [-0.4, -0.2) is 10.7 Å². The number of anilines is 2. The lowest BCUT2D eigenvalue weighted by Crippen LogP contribution is -2.01. The summed E-state index contributed by atoms with van der Waals surface area (Å²) >= 11 is 0. The van der Waals surface area contributed by atoms with E-state index < -0.39 is 4.92 Å². The van der Waals surface area contributed by atoms with Crippen LogP contribution in [0.5, 0.6) is 0 Å². The molecule has 3 rings (SSSR count). The number of fused-ring (bicyclic) bond motifs is 3. The Morgan fingerprint density at radius 2 is 1.74 bits per heavy atom. The predicted octanol–water partition coefficient (Wildman–Crippen LogP) is 1.97. The Morgan fingerprint density at radius 3 is 2.42 bits per heavy atom. The van der Waals surface area contributed by atoms with E-state index in [0.29, 0.717) is 33.6 Å². The number of rotatable bonds is 1. The third-order valence-electron chi connectivity index (χ3n) is 3.17. The molecule has 0 saturated carbocycles. The van der Waals surface area contributed by atoms with Crippen LogP contribution in [0.15, 0.2) is 30.3 Å². The Balaban J connectivity index is 2.34. The molecule has 19 heavy (non-hydrogen) atoms. The summed E-state index contributed by atoms with van der Waals surface area (Å²) in [6.07, 6.45) is 0. The molecule has 1 aliphatic carbocycles. The molecule has 0 atom stereocenters. The van der Waals surface area contributed by atoms with Crippen molar-refractivity contribution in [2.45, 2.75) is 0 Å². The minimum Gasteiger partial charge on any atom is -0.399 e. The molecule has 0 fully saturated rings. The second-order valence-corrected chi connectivity index (χ2v) is 4.35. The molecule has 0 aliphatic heterocycles. The van der Waals surface area contributed by atoms with Crippen molar-refractivity contribution in [3.63, 3.8) is 0 Å². The van der Waals surface area contributed by atoms with Crippen molar-refractivity contribution in [3.8, 4) is 11.1 Å². The Morgan fingerprint density at radius 1 is 1.00 bits per heavy atom. The number of carbonyl (C=O) groups excluding carboxylic acids is 1. The van der Waals surface area contributed by atoms with Crippen LogP contribution in [0.3, 0.4) is 0 Å². The molecule has 0 radical (unpaired) electrons. The van der Waals surface area contributed by atoms with Crippen molar-refractivity contribution in [2.24, 2.45) is 0 Å². The van der Waals surface area contributed by atoms with Crippen molar-refractivity contribution >= 4 is 22.8 Å². The lowest BCUT2D eigenvalue weighted by molar-refractivity contribution is -0.384. The molecule has 0 saturated heterocycles. The molecular weight excluding hydrogens is 246 g/mol. The van der Waals surface area contributed by atoms with E-state index in [-0.39, 0.29) is 11.5 Å². The summed E-state index contributed by atoms with van der Waals surface area (Å²) in [4.78, 5) is 22.5. The molecule has 2 aromatic carbocycles. The van der Waals surface area contributed by atoms with Crippen LogP contribution >= 0.6 is 0 Å². The standard InChI is InChI=1S/C13H9N3O3/c14-6-3-10-9-5-7(16(18)19)1-2-8(9)13(17)12(10)11(15)4-6/h1-5H,14-15H2. The quantitative estimate of drug-likeness (QED) is 0.392. The van der Waals surface area contributed by atoms with Gasteiger partial charge in [0.05, 0.1) is 10.5 Å². The average molecular weight is 255 g/mol. The molecular formula is C13H9N3O3. The van der Waals surface area contributed by atoms with Gasteiger partial charge in [0.1, 0.15) is 0 Å². The topological polar surface area (TPSA) is 112 Å². The summed E-state index contributed by atoms with van der Waals surface area (Å²) in [5.74, 6) is -0.225. The highest BCUT2D eigenvalue weighted by molar-refractivity contribution is 6.24. The van der Waals surface area contributed by atoms with Gasteiger partial charge in [0.2, 0.25) is 0 Å². The van der Waals surface area contributed by atoms with Crippen LogP contribution in [0.25, 0.3) is 11.1 Å². The first-order valence-corrected chi connectivity index (χ1v) is 5.51. The lowest BCUT2D eigenvalue weighted by Gasteiger charge is -2.04. The molecule has 0 bridgehead atoms. The van der Waals surface area contributed by atoms with Gasteiger partial charge in [-0.25, -0.2) is 0 Å². The van der Waals surface area contributed by atoms with E-state index in [1.54, 1.807) is 6.07 Å². The highest BCUT2D eigenvalue weighted by Gasteiger charge is 2.30. The third kappa shape index (κ3) is 1.46. The van der Waals surface area contributed by atoms with Gasteiger partial charge < -0.3 is 11.5 Å². The number of benzene rings is 2. The summed E-state index contributed by atoms with van der Waals surface area (Å²) in [6.45, 7) is 0. The number of carbonyl (C=O) groups is 1. The van der Waals surface area contributed by atoms with Crippen molar-refractivity contribution in [1.29, 1.82) is 0 Å². The smallest absolute Gasteiger partial charge is 0.270 e. The monoisotopic (exact) mass is 255 g/mol. The van der Waals surface area contributed by atoms with E-state index >= 15 is 0 Å². The van der Waals surface area contributed by atoms with Crippen LogP contribution in [0.4, 0.5) is 17.1 Å². The molecule has 0 spiro atoms. The number of nitrogen functional groups attached to an aromatic ring is 2. The summed E-state index contributed by atoms with van der Waals surface area (Å²) in [7, 11) is 0. The maximum Gasteiger partial charge on any atom is 0.270 e. The zero-order valence-electron chi connectivity index (χ0n) is 9.71. The highest BCUT2D eigenvalue weighted by atomic mass is 16.6. The zero-order chi connectivity index (χ0) is 13.7. The molecule has 6 heteroatoms. The van der Waals surface area contributed by atoms with Gasteiger partial charge in [-0.15, -0.1) is 0 Å². The van der Waals surface area contributed by atoms with E-state index in [0.717, 1.165) is 0 Å². The fourth-order valence-electron chi connectivity index (χ4n) is 2.35. The van der Waals surface area contributed by atoms with Gasteiger partial charge in [-0.3, -0.25) is 14.9 Å². The predicted molar refractivity (Wildman–Crippen MR) is 70.8 cm³/mol. The van der Waals surface area contributed by atoms with Gasteiger partial charge in [-0.1, -0.05) is 0 Å². The van der Waals surface area contributed by atoms with Crippen molar-refractivity contribution < 1.29 is 9.72 Å². The minimum atomic E-state index is -0.502. The average Bonchev–Trinajstić information content (AvgIpc) is 2.62. The van der Waals surface area contributed by atoms with Gasteiger partial charge in [0.15, 0.2) is 5.78 Å². The fourth-order valence-corrected chi connectivity index (χ4v) is 2.35. The van der Waals surface area contributed by atoms with Gasteiger partial charge in [-0.2, -0.15) is 0 Å². The largest absolute Gasteiger partial charge is 0.399 e. The molecule has 0 aromatic heterocycles. The molecule has 94 valence electrons.